The predicted molar refractivity (Wildman–Crippen MR) is 98.5 cm³/mol. The lowest BCUT2D eigenvalue weighted by atomic mass is 10.1. The number of benzene rings is 1. The number of nitrogens with one attached hydrogen (secondary N) is 2. The molecule has 136 valence electrons. The van der Waals surface area contributed by atoms with Crippen LogP contribution in [0.15, 0.2) is 18.2 Å². The fourth-order valence-electron chi connectivity index (χ4n) is 2.18. The first-order valence-corrected chi connectivity index (χ1v) is 8.56. The Labute approximate surface area is 154 Å². The van der Waals surface area contributed by atoms with Gasteiger partial charge in [-0.05, 0) is 45.4 Å². The van der Waals surface area contributed by atoms with Crippen molar-refractivity contribution >= 4 is 29.1 Å². The fraction of sp³-hybridized carbons (Fsp3) is 0.500. The molecule has 1 atom stereocenters. The number of nitriles is 1. The molecule has 0 aliphatic rings. The molecular formula is C18H26ClN4O2+. The van der Waals surface area contributed by atoms with Gasteiger partial charge in [-0.25, -0.2) is 0 Å². The van der Waals surface area contributed by atoms with Crippen LogP contribution in [0.3, 0.4) is 0 Å². The molecule has 0 saturated carbocycles. The average Bonchev–Trinajstić information content (AvgIpc) is 2.56. The zero-order valence-electron chi connectivity index (χ0n) is 15.4. The molecule has 0 bridgehead atoms. The third kappa shape index (κ3) is 6.04. The van der Waals surface area contributed by atoms with Crippen molar-refractivity contribution in [2.45, 2.75) is 33.2 Å². The average molecular weight is 366 g/mol. The van der Waals surface area contributed by atoms with E-state index >= 15 is 0 Å². The molecule has 2 amide bonds. The van der Waals surface area contributed by atoms with Crippen molar-refractivity contribution in [3.63, 3.8) is 0 Å². The van der Waals surface area contributed by atoms with E-state index in [1.165, 1.54) is 4.90 Å². The quantitative estimate of drug-likeness (QED) is 0.763. The Bertz CT molecular complexity index is 682. The van der Waals surface area contributed by atoms with Gasteiger partial charge in [-0.1, -0.05) is 17.7 Å². The van der Waals surface area contributed by atoms with Crippen LogP contribution in [-0.2, 0) is 9.59 Å². The molecule has 1 rings (SSSR count). The van der Waals surface area contributed by atoms with Crippen molar-refractivity contribution in [2.24, 2.45) is 0 Å². The summed E-state index contributed by atoms with van der Waals surface area (Å²) in [4.78, 5) is 26.9. The Morgan fingerprint density at radius 1 is 1.36 bits per heavy atom. The van der Waals surface area contributed by atoms with Gasteiger partial charge < -0.3 is 15.1 Å². The molecule has 6 nitrogen and oxygen atoms in total. The highest BCUT2D eigenvalue weighted by Crippen LogP contribution is 2.19. The number of likely N-dealkylation sites (N-methyl/N-ethyl adjacent to an activating group) is 2. The van der Waals surface area contributed by atoms with E-state index in [4.69, 9.17) is 16.9 Å². The summed E-state index contributed by atoms with van der Waals surface area (Å²) in [6.07, 6.45) is 0. The van der Waals surface area contributed by atoms with Gasteiger partial charge in [0, 0.05) is 17.8 Å². The van der Waals surface area contributed by atoms with Crippen molar-refractivity contribution in [2.75, 3.05) is 32.0 Å². The van der Waals surface area contributed by atoms with E-state index in [9.17, 15) is 9.59 Å². The van der Waals surface area contributed by atoms with E-state index in [0.29, 0.717) is 17.3 Å². The van der Waals surface area contributed by atoms with Crippen LogP contribution < -0.4 is 10.2 Å². The summed E-state index contributed by atoms with van der Waals surface area (Å²) in [7, 11) is 1.61. The third-order valence-electron chi connectivity index (χ3n) is 4.27. The minimum atomic E-state index is -0.879. The number of hydrogen-bond donors (Lipinski definition) is 2. The number of nitrogens with zero attached hydrogens (tertiary/aromatic N) is 2. The molecule has 0 aromatic heterocycles. The SMILES string of the molecule is CC[NH+](CC(=O)Nc1cc(Cl)ccc1C)CC(=O)N(C)C(C)(C)C#N. The largest absolute Gasteiger partial charge is 0.323 e. The van der Waals surface area contributed by atoms with E-state index in [0.717, 1.165) is 10.5 Å². The second-order valence-electron chi connectivity index (χ2n) is 6.59. The molecule has 0 saturated heterocycles. The van der Waals surface area contributed by atoms with Gasteiger partial charge in [-0.15, -0.1) is 0 Å². The maximum atomic E-state index is 12.4. The lowest BCUT2D eigenvalue weighted by Crippen LogP contribution is -3.14. The van der Waals surface area contributed by atoms with E-state index in [-0.39, 0.29) is 24.9 Å². The highest BCUT2D eigenvalue weighted by molar-refractivity contribution is 6.31. The molecule has 7 heteroatoms. The van der Waals surface area contributed by atoms with Gasteiger partial charge >= 0.3 is 0 Å². The number of aryl methyl sites for hydroxylation is 1. The van der Waals surface area contributed by atoms with Gasteiger partial charge in [0.2, 0.25) is 0 Å². The monoisotopic (exact) mass is 365 g/mol. The lowest BCUT2D eigenvalue weighted by molar-refractivity contribution is -0.882. The summed E-state index contributed by atoms with van der Waals surface area (Å²) < 4.78 is 0. The molecule has 0 radical (unpaired) electrons. The highest BCUT2D eigenvalue weighted by Gasteiger charge is 2.29. The van der Waals surface area contributed by atoms with Crippen LogP contribution in [0.25, 0.3) is 0 Å². The standard InChI is InChI=1S/C18H25ClN4O2/c1-6-23(11-17(25)22(5)18(3,4)12-20)10-16(24)21-15-9-14(19)8-7-13(15)2/h7-9H,6,10-11H2,1-5H3,(H,21,24)/p+1. The van der Waals surface area contributed by atoms with Crippen LogP contribution in [0.1, 0.15) is 26.3 Å². The van der Waals surface area contributed by atoms with Crippen LogP contribution in [0.4, 0.5) is 5.69 Å². The van der Waals surface area contributed by atoms with Gasteiger partial charge in [0.05, 0.1) is 12.6 Å². The second kappa shape index (κ2) is 8.84. The molecular weight excluding hydrogens is 340 g/mol. The third-order valence-corrected chi connectivity index (χ3v) is 4.51. The first-order chi connectivity index (χ1) is 11.6. The van der Waals surface area contributed by atoms with Gasteiger partial charge in [-0.2, -0.15) is 5.26 Å². The van der Waals surface area contributed by atoms with Gasteiger partial charge in [0.15, 0.2) is 13.1 Å². The lowest BCUT2D eigenvalue weighted by Gasteiger charge is -2.30. The molecule has 2 N–H and O–H groups in total. The Kier molecular flexibility index (Phi) is 7.40. The van der Waals surface area contributed by atoms with Crippen molar-refractivity contribution in [3.05, 3.63) is 28.8 Å². The molecule has 0 spiro atoms. The number of halogens is 1. The molecule has 25 heavy (non-hydrogen) atoms. The smallest absolute Gasteiger partial charge is 0.279 e. The fourth-order valence-corrected chi connectivity index (χ4v) is 2.35. The maximum Gasteiger partial charge on any atom is 0.279 e. The highest BCUT2D eigenvalue weighted by atomic mass is 35.5. The van der Waals surface area contributed by atoms with Crippen molar-refractivity contribution in [1.29, 1.82) is 5.26 Å². The van der Waals surface area contributed by atoms with Crippen molar-refractivity contribution < 1.29 is 14.5 Å². The zero-order valence-corrected chi connectivity index (χ0v) is 16.2. The minimum Gasteiger partial charge on any atom is -0.323 e. The Morgan fingerprint density at radius 2 is 2.00 bits per heavy atom. The summed E-state index contributed by atoms with van der Waals surface area (Å²) in [5.41, 5.74) is 0.709. The molecule has 0 heterocycles. The van der Waals surface area contributed by atoms with E-state index in [2.05, 4.69) is 11.4 Å². The molecule has 0 fully saturated rings. The molecule has 0 aliphatic carbocycles. The van der Waals surface area contributed by atoms with E-state index < -0.39 is 5.54 Å². The number of carbonyl (C=O) groups is 2. The number of quaternary nitrogens is 1. The van der Waals surface area contributed by atoms with Gasteiger partial charge in [0.25, 0.3) is 11.8 Å². The number of anilines is 1. The first-order valence-electron chi connectivity index (χ1n) is 8.18. The van der Waals surface area contributed by atoms with Gasteiger partial charge in [-0.3, -0.25) is 9.59 Å². The Hall–Kier alpha value is -2.10. The number of amides is 2. The Balaban J connectivity index is 2.69. The van der Waals surface area contributed by atoms with Gasteiger partial charge in [0.1, 0.15) is 5.54 Å². The maximum absolute atomic E-state index is 12.4. The molecule has 1 unspecified atom stereocenters. The van der Waals surface area contributed by atoms with Crippen LogP contribution in [0.5, 0.6) is 0 Å². The van der Waals surface area contributed by atoms with Crippen LogP contribution in [-0.4, -0.2) is 48.9 Å². The number of hydrogen-bond acceptors (Lipinski definition) is 3. The molecule has 1 aromatic carbocycles. The molecule has 1 aromatic rings. The second-order valence-corrected chi connectivity index (χ2v) is 7.02. The summed E-state index contributed by atoms with van der Waals surface area (Å²) in [6, 6.07) is 7.41. The Morgan fingerprint density at radius 3 is 2.56 bits per heavy atom. The van der Waals surface area contributed by atoms with E-state index in [1.54, 1.807) is 33.0 Å². The van der Waals surface area contributed by atoms with Crippen molar-refractivity contribution in [3.8, 4) is 6.07 Å². The van der Waals surface area contributed by atoms with Crippen LogP contribution >= 0.6 is 11.6 Å². The number of rotatable bonds is 7. The molecule has 0 aliphatic heterocycles. The normalized spacial score (nSPS) is 12.2. The summed E-state index contributed by atoms with van der Waals surface area (Å²) in [5.74, 6) is -0.354. The summed E-state index contributed by atoms with van der Waals surface area (Å²) >= 11 is 5.96. The first kappa shape index (κ1) is 20.9. The van der Waals surface area contributed by atoms with E-state index in [1.807, 2.05) is 19.9 Å². The van der Waals surface area contributed by atoms with Crippen molar-refractivity contribution in [1.82, 2.24) is 4.90 Å². The zero-order chi connectivity index (χ0) is 19.2. The van der Waals surface area contributed by atoms with Crippen LogP contribution in [0.2, 0.25) is 5.02 Å². The minimum absolute atomic E-state index is 0.153. The topological polar surface area (TPSA) is 77.6 Å². The van der Waals surface area contributed by atoms with Crippen LogP contribution in [0, 0.1) is 18.3 Å². The summed E-state index contributed by atoms with van der Waals surface area (Å²) in [5, 5.41) is 12.5. The summed E-state index contributed by atoms with van der Waals surface area (Å²) in [6.45, 7) is 8.11. The predicted octanol–water partition coefficient (Wildman–Crippen LogP) is 1.25. The number of carbonyl (C=O) groups excluding carboxylic acids is 2.